The first-order chi connectivity index (χ1) is 10.6. The number of aromatic nitrogens is 2. The molecule has 0 bridgehead atoms. The van der Waals surface area contributed by atoms with E-state index in [0.29, 0.717) is 5.92 Å². The predicted octanol–water partition coefficient (Wildman–Crippen LogP) is 2.43. The van der Waals surface area contributed by atoms with Crippen molar-refractivity contribution in [2.75, 3.05) is 18.4 Å². The van der Waals surface area contributed by atoms with Crippen molar-refractivity contribution in [1.29, 1.82) is 0 Å². The molecule has 1 aromatic carbocycles. The molecule has 0 unspecified atom stereocenters. The van der Waals surface area contributed by atoms with Gasteiger partial charge in [-0.25, -0.2) is 4.68 Å². The highest BCUT2D eigenvalue weighted by molar-refractivity contribution is 5.81. The third-order valence-corrected chi connectivity index (χ3v) is 3.83. The molecule has 1 amide bonds. The molecule has 1 aliphatic carbocycles. The highest BCUT2D eigenvalue weighted by atomic mass is 16.1. The van der Waals surface area contributed by atoms with E-state index in [1.807, 2.05) is 49.1 Å². The molecule has 2 aromatic rings. The molecule has 1 aliphatic rings. The van der Waals surface area contributed by atoms with Crippen LogP contribution >= 0.6 is 0 Å². The quantitative estimate of drug-likeness (QED) is 0.861. The molecule has 5 nitrogen and oxygen atoms in total. The molecule has 0 spiro atoms. The van der Waals surface area contributed by atoms with Crippen LogP contribution in [0.25, 0.3) is 5.69 Å². The molecule has 0 aliphatic heterocycles. The molecule has 0 radical (unpaired) electrons. The van der Waals surface area contributed by atoms with Crippen LogP contribution in [0.4, 0.5) is 5.69 Å². The van der Waals surface area contributed by atoms with Gasteiger partial charge >= 0.3 is 0 Å². The Bertz CT molecular complexity index is 673. The SMILES string of the molecule is Cc1ccc(-n2cc(C)cn2)c(NCC(=O)NCC2CC2)c1. The number of rotatable bonds is 6. The minimum atomic E-state index is 0.0380. The van der Waals surface area contributed by atoms with Crippen LogP contribution in [0.1, 0.15) is 24.0 Å². The van der Waals surface area contributed by atoms with Crippen LogP contribution < -0.4 is 10.6 Å². The van der Waals surface area contributed by atoms with Crippen LogP contribution in [-0.2, 0) is 4.79 Å². The van der Waals surface area contributed by atoms with Crippen molar-refractivity contribution >= 4 is 11.6 Å². The number of nitrogens with zero attached hydrogens (tertiary/aromatic N) is 2. The molecule has 2 N–H and O–H groups in total. The van der Waals surface area contributed by atoms with Gasteiger partial charge in [0.2, 0.25) is 5.91 Å². The van der Waals surface area contributed by atoms with Crippen LogP contribution in [-0.4, -0.2) is 28.8 Å². The summed E-state index contributed by atoms with van der Waals surface area (Å²) < 4.78 is 1.83. The minimum absolute atomic E-state index is 0.0380. The fraction of sp³-hybridized carbons (Fsp3) is 0.412. The van der Waals surface area contributed by atoms with Gasteiger partial charge in [-0.3, -0.25) is 4.79 Å². The van der Waals surface area contributed by atoms with Crippen molar-refractivity contribution in [2.45, 2.75) is 26.7 Å². The largest absolute Gasteiger partial charge is 0.374 e. The van der Waals surface area contributed by atoms with Crippen LogP contribution in [0.3, 0.4) is 0 Å². The molecular weight excluding hydrogens is 276 g/mol. The normalized spacial score (nSPS) is 13.9. The van der Waals surface area contributed by atoms with E-state index in [1.165, 1.54) is 12.8 Å². The number of aryl methyl sites for hydroxylation is 2. The van der Waals surface area contributed by atoms with Gasteiger partial charge in [0, 0.05) is 12.7 Å². The predicted molar refractivity (Wildman–Crippen MR) is 87.3 cm³/mol. The number of hydrogen-bond donors (Lipinski definition) is 2. The summed E-state index contributed by atoms with van der Waals surface area (Å²) in [5.74, 6) is 0.738. The Balaban J connectivity index is 1.68. The van der Waals surface area contributed by atoms with Crippen LogP contribution in [0.5, 0.6) is 0 Å². The molecule has 116 valence electrons. The third kappa shape index (κ3) is 3.67. The second kappa shape index (κ2) is 6.22. The molecule has 3 rings (SSSR count). The molecule has 22 heavy (non-hydrogen) atoms. The van der Waals surface area contributed by atoms with E-state index < -0.39 is 0 Å². The first-order valence-corrected chi connectivity index (χ1v) is 7.74. The van der Waals surface area contributed by atoms with Crippen LogP contribution in [0, 0.1) is 19.8 Å². The molecule has 1 heterocycles. The van der Waals surface area contributed by atoms with Gasteiger partial charge in [0.15, 0.2) is 0 Å². The fourth-order valence-electron chi connectivity index (χ4n) is 2.35. The zero-order chi connectivity index (χ0) is 15.5. The molecule has 1 saturated carbocycles. The molecule has 1 fully saturated rings. The summed E-state index contributed by atoms with van der Waals surface area (Å²) in [4.78, 5) is 11.9. The van der Waals surface area contributed by atoms with Gasteiger partial charge in [-0.05, 0) is 55.9 Å². The van der Waals surface area contributed by atoms with Crippen LogP contribution in [0.2, 0.25) is 0 Å². The molecular formula is C17H22N4O. The monoisotopic (exact) mass is 298 g/mol. The maximum absolute atomic E-state index is 11.9. The summed E-state index contributed by atoms with van der Waals surface area (Å²) in [7, 11) is 0. The van der Waals surface area contributed by atoms with E-state index in [1.54, 1.807) is 0 Å². The minimum Gasteiger partial charge on any atom is -0.374 e. The number of amides is 1. The molecule has 0 saturated heterocycles. The van der Waals surface area contributed by atoms with Crippen molar-refractivity contribution in [3.8, 4) is 5.69 Å². The first kappa shape index (κ1) is 14.6. The van der Waals surface area contributed by atoms with Crippen molar-refractivity contribution in [3.05, 3.63) is 41.7 Å². The van der Waals surface area contributed by atoms with Gasteiger partial charge in [-0.15, -0.1) is 0 Å². The molecule has 0 atom stereocenters. The average molecular weight is 298 g/mol. The number of hydrogen-bond acceptors (Lipinski definition) is 3. The number of carbonyl (C=O) groups is 1. The summed E-state index contributed by atoms with van der Waals surface area (Å²) in [6.07, 6.45) is 6.29. The Labute approximate surface area is 130 Å². The summed E-state index contributed by atoms with van der Waals surface area (Å²) in [5.41, 5.74) is 4.13. The Kier molecular flexibility index (Phi) is 4.13. The number of anilines is 1. The van der Waals surface area contributed by atoms with Crippen molar-refractivity contribution < 1.29 is 4.79 Å². The lowest BCUT2D eigenvalue weighted by Gasteiger charge is -2.13. The van der Waals surface area contributed by atoms with Crippen molar-refractivity contribution in [3.63, 3.8) is 0 Å². The summed E-state index contributed by atoms with van der Waals surface area (Å²) >= 11 is 0. The molecule has 1 aromatic heterocycles. The lowest BCUT2D eigenvalue weighted by atomic mass is 10.2. The topological polar surface area (TPSA) is 59.0 Å². The average Bonchev–Trinajstić information content (AvgIpc) is 3.23. The maximum atomic E-state index is 11.9. The lowest BCUT2D eigenvalue weighted by molar-refractivity contribution is -0.119. The lowest BCUT2D eigenvalue weighted by Crippen LogP contribution is -2.31. The summed E-state index contributed by atoms with van der Waals surface area (Å²) in [6.45, 7) is 5.13. The maximum Gasteiger partial charge on any atom is 0.239 e. The zero-order valence-electron chi connectivity index (χ0n) is 13.1. The van der Waals surface area contributed by atoms with E-state index in [0.717, 1.165) is 29.0 Å². The first-order valence-electron chi connectivity index (χ1n) is 7.74. The Morgan fingerprint density at radius 2 is 2.14 bits per heavy atom. The highest BCUT2D eigenvalue weighted by Gasteiger charge is 2.21. The highest BCUT2D eigenvalue weighted by Crippen LogP contribution is 2.27. The van der Waals surface area contributed by atoms with Gasteiger partial charge < -0.3 is 10.6 Å². The number of benzene rings is 1. The van der Waals surface area contributed by atoms with Gasteiger partial charge in [-0.2, -0.15) is 5.10 Å². The van der Waals surface area contributed by atoms with E-state index in [2.05, 4.69) is 15.7 Å². The summed E-state index contributed by atoms with van der Waals surface area (Å²) in [5, 5.41) is 10.5. The van der Waals surface area contributed by atoms with Gasteiger partial charge in [0.05, 0.1) is 24.1 Å². The van der Waals surface area contributed by atoms with Gasteiger partial charge in [0.1, 0.15) is 0 Å². The second-order valence-corrected chi connectivity index (χ2v) is 6.08. The van der Waals surface area contributed by atoms with E-state index in [-0.39, 0.29) is 12.5 Å². The second-order valence-electron chi connectivity index (χ2n) is 6.08. The Morgan fingerprint density at radius 1 is 1.32 bits per heavy atom. The molecule has 5 heteroatoms. The third-order valence-electron chi connectivity index (χ3n) is 3.83. The van der Waals surface area contributed by atoms with E-state index >= 15 is 0 Å². The van der Waals surface area contributed by atoms with E-state index in [4.69, 9.17) is 0 Å². The van der Waals surface area contributed by atoms with Crippen LogP contribution in [0.15, 0.2) is 30.6 Å². The van der Waals surface area contributed by atoms with E-state index in [9.17, 15) is 4.79 Å². The zero-order valence-corrected chi connectivity index (χ0v) is 13.1. The number of nitrogens with one attached hydrogen (secondary N) is 2. The van der Waals surface area contributed by atoms with Gasteiger partial charge in [-0.1, -0.05) is 6.07 Å². The Morgan fingerprint density at radius 3 is 2.82 bits per heavy atom. The standard InChI is InChI=1S/C17H22N4O/c1-12-3-6-16(21-11-13(2)8-20-21)15(7-12)18-10-17(22)19-9-14-4-5-14/h3,6-8,11,14,18H,4-5,9-10H2,1-2H3,(H,19,22). The van der Waals surface area contributed by atoms with Crippen molar-refractivity contribution in [2.24, 2.45) is 5.92 Å². The fourth-order valence-corrected chi connectivity index (χ4v) is 2.35. The Hall–Kier alpha value is -2.30. The van der Waals surface area contributed by atoms with Crippen molar-refractivity contribution in [1.82, 2.24) is 15.1 Å². The summed E-state index contributed by atoms with van der Waals surface area (Å²) in [6, 6.07) is 6.11. The number of carbonyl (C=O) groups excluding carboxylic acids is 1. The van der Waals surface area contributed by atoms with Gasteiger partial charge in [0.25, 0.3) is 0 Å². The smallest absolute Gasteiger partial charge is 0.239 e.